The highest BCUT2D eigenvalue weighted by molar-refractivity contribution is 6.34. The number of nitrogens with one attached hydrogen (secondary N) is 1. The quantitative estimate of drug-likeness (QED) is 0.896. The van der Waals surface area contributed by atoms with Crippen LogP contribution < -0.4 is 5.32 Å². The minimum Gasteiger partial charge on any atom is -0.408 e. The largest absolute Gasteiger partial charge is 0.408 e. The zero-order valence-electron chi connectivity index (χ0n) is 8.44. The molecule has 0 aromatic carbocycles. The van der Waals surface area contributed by atoms with Gasteiger partial charge in [0.15, 0.2) is 10.3 Å². The third-order valence-corrected chi connectivity index (χ3v) is 2.17. The molecule has 0 aliphatic carbocycles. The summed E-state index contributed by atoms with van der Waals surface area (Å²) in [6, 6.07) is 1.26. The van der Waals surface area contributed by atoms with Crippen LogP contribution in [0.15, 0.2) is 10.5 Å². The molecular weight excluding hydrogens is 269 g/mol. The van der Waals surface area contributed by atoms with E-state index in [1.807, 2.05) is 0 Å². The predicted octanol–water partition coefficient (Wildman–Crippen LogP) is 1.73. The number of halogens is 2. The fourth-order valence-electron chi connectivity index (χ4n) is 1.02. The zero-order chi connectivity index (χ0) is 12.4. The molecule has 88 valence electrons. The van der Waals surface area contributed by atoms with Crippen LogP contribution in [0.1, 0.15) is 16.2 Å². The first kappa shape index (κ1) is 11.7. The van der Waals surface area contributed by atoms with Crippen molar-refractivity contribution >= 4 is 35.1 Å². The maximum Gasteiger partial charge on any atom is 0.322 e. The number of carbonyl (C=O) groups is 1. The Hall–Kier alpha value is -1.73. The van der Waals surface area contributed by atoms with Gasteiger partial charge in [-0.25, -0.2) is 0 Å². The molecule has 0 bridgehead atoms. The number of anilines is 1. The van der Waals surface area contributed by atoms with Gasteiger partial charge in [-0.15, -0.1) is 15.3 Å². The molecule has 2 aromatic rings. The molecule has 0 fully saturated rings. The van der Waals surface area contributed by atoms with E-state index in [0.717, 1.165) is 0 Å². The molecule has 1 N–H and O–H groups in total. The van der Waals surface area contributed by atoms with Crippen molar-refractivity contribution in [1.29, 1.82) is 0 Å². The van der Waals surface area contributed by atoms with Gasteiger partial charge >= 0.3 is 6.01 Å². The molecule has 9 heteroatoms. The van der Waals surface area contributed by atoms with Crippen LogP contribution in [-0.4, -0.2) is 26.3 Å². The molecule has 17 heavy (non-hydrogen) atoms. The van der Waals surface area contributed by atoms with Crippen molar-refractivity contribution in [3.05, 3.63) is 27.8 Å². The number of hydrogen-bond acceptors (Lipinski definition) is 6. The fourth-order valence-corrected chi connectivity index (χ4v) is 1.35. The Morgan fingerprint density at radius 3 is 2.71 bits per heavy atom. The molecule has 0 saturated carbocycles. The number of rotatable bonds is 2. The average Bonchev–Trinajstić information content (AvgIpc) is 2.67. The number of amides is 1. The Balaban J connectivity index is 2.22. The highest BCUT2D eigenvalue weighted by Crippen LogP contribution is 2.16. The van der Waals surface area contributed by atoms with Crippen LogP contribution in [0.2, 0.25) is 10.3 Å². The minimum absolute atomic E-state index is 0.0310. The van der Waals surface area contributed by atoms with E-state index in [4.69, 9.17) is 27.6 Å². The van der Waals surface area contributed by atoms with Crippen molar-refractivity contribution in [2.75, 3.05) is 5.32 Å². The molecule has 0 unspecified atom stereocenters. The Kier molecular flexibility index (Phi) is 3.21. The predicted molar refractivity (Wildman–Crippen MR) is 59.0 cm³/mol. The van der Waals surface area contributed by atoms with Gasteiger partial charge in [-0.1, -0.05) is 28.3 Å². The van der Waals surface area contributed by atoms with E-state index in [0.29, 0.717) is 5.89 Å². The summed E-state index contributed by atoms with van der Waals surface area (Å²) in [5.74, 6) is -0.229. The third kappa shape index (κ3) is 2.69. The molecule has 0 aliphatic rings. The Morgan fingerprint density at radius 1 is 1.29 bits per heavy atom. The van der Waals surface area contributed by atoms with Gasteiger partial charge in [0.2, 0.25) is 5.89 Å². The summed E-state index contributed by atoms with van der Waals surface area (Å²) < 4.78 is 4.98. The number of carbonyl (C=O) groups excluding carboxylic acids is 1. The third-order valence-electron chi connectivity index (χ3n) is 1.71. The molecule has 1 amide bonds. The first-order valence-electron chi connectivity index (χ1n) is 4.36. The second kappa shape index (κ2) is 4.64. The highest BCUT2D eigenvalue weighted by Gasteiger charge is 2.15. The SMILES string of the molecule is Cc1nnc(NC(=O)c2cc(Cl)nnc2Cl)o1. The maximum absolute atomic E-state index is 11.7. The average molecular weight is 274 g/mol. The second-order valence-corrected chi connectivity index (χ2v) is 3.70. The van der Waals surface area contributed by atoms with Gasteiger partial charge in [0.05, 0.1) is 5.56 Å². The second-order valence-electron chi connectivity index (χ2n) is 2.95. The lowest BCUT2D eigenvalue weighted by Gasteiger charge is -2.01. The Bertz CT molecular complexity index is 571. The van der Waals surface area contributed by atoms with Gasteiger partial charge < -0.3 is 4.42 Å². The lowest BCUT2D eigenvalue weighted by Crippen LogP contribution is -2.13. The Morgan fingerprint density at radius 2 is 2.06 bits per heavy atom. The molecule has 0 saturated heterocycles. The maximum atomic E-state index is 11.7. The number of aryl methyl sites for hydroxylation is 1. The van der Waals surface area contributed by atoms with E-state index < -0.39 is 5.91 Å². The van der Waals surface area contributed by atoms with Crippen LogP contribution >= 0.6 is 23.2 Å². The lowest BCUT2D eigenvalue weighted by atomic mass is 10.3. The first-order chi connectivity index (χ1) is 8.06. The van der Waals surface area contributed by atoms with Crippen molar-refractivity contribution in [1.82, 2.24) is 20.4 Å². The van der Waals surface area contributed by atoms with E-state index in [1.165, 1.54) is 6.07 Å². The summed E-state index contributed by atoms with van der Waals surface area (Å²) in [6.45, 7) is 1.60. The van der Waals surface area contributed by atoms with Gasteiger partial charge in [-0.05, 0) is 6.07 Å². The minimum atomic E-state index is -0.560. The first-order valence-corrected chi connectivity index (χ1v) is 5.12. The molecule has 7 nitrogen and oxygen atoms in total. The van der Waals surface area contributed by atoms with E-state index >= 15 is 0 Å². The van der Waals surface area contributed by atoms with Gasteiger partial charge in [-0.3, -0.25) is 10.1 Å². The van der Waals surface area contributed by atoms with Crippen LogP contribution in [-0.2, 0) is 0 Å². The van der Waals surface area contributed by atoms with Crippen LogP contribution in [0.5, 0.6) is 0 Å². The molecular formula is C8H5Cl2N5O2. The van der Waals surface area contributed by atoms with Crippen LogP contribution in [0.25, 0.3) is 0 Å². The molecule has 2 rings (SSSR count). The van der Waals surface area contributed by atoms with Crippen LogP contribution in [0.3, 0.4) is 0 Å². The van der Waals surface area contributed by atoms with Gasteiger partial charge in [0.1, 0.15) is 0 Å². The number of nitrogens with zero attached hydrogens (tertiary/aromatic N) is 4. The smallest absolute Gasteiger partial charge is 0.322 e. The normalized spacial score (nSPS) is 10.3. The van der Waals surface area contributed by atoms with E-state index in [1.54, 1.807) is 6.92 Å². The van der Waals surface area contributed by atoms with Gasteiger partial charge in [0, 0.05) is 6.92 Å². The van der Waals surface area contributed by atoms with E-state index in [9.17, 15) is 4.79 Å². The van der Waals surface area contributed by atoms with E-state index in [2.05, 4.69) is 25.7 Å². The topological polar surface area (TPSA) is 93.8 Å². The fraction of sp³-hybridized carbons (Fsp3) is 0.125. The van der Waals surface area contributed by atoms with Crippen LogP contribution in [0.4, 0.5) is 6.01 Å². The molecule has 0 radical (unpaired) electrons. The van der Waals surface area contributed by atoms with Crippen molar-refractivity contribution in [3.63, 3.8) is 0 Å². The summed E-state index contributed by atoms with van der Waals surface area (Å²) in [5, 5.41) is 16.5. The van der Waals surface area contributed by atoms with Crippen molar-refractivity contribution < 1.29 is 9.21 Å². The highest BCUT2D eigenvalue weighted by atomic mass is 35.5. The Labute approximate surface area is 105 Å². The molecule has 0 aliphatic heterocycles. The van der Waals surface area contributed by atoms with Crippen molar-refractivity contribution in [3.8, 4) is 0 Å². The lowest BCUT2D eigenvalue weighted by molar-refractivity contribution is 0.102. The van der Waals surface area contributed by atoms with Crippen LogP contribution in [0, 0.1) is 6.92 Å². The summed E-state index contributed by atoms with van der Waals surface area (Å²) >= 11 is 11.3. The van der Waals surface area contributed by atoms with E-state index in [-0.39, 0.29) is 21.9 Å². The molecule has 0 atom stereocenters. The van der Waals surface area contributed by atoms with Crippen molar-refractivity contribution in [2.24, 2.45) is 0 Å². The van der Waals surface area contributed by atoms with Gasteiger partial charge in [-0.2, -0.15) is 0 Å². The standard InChI is InChI=1S/C8H5Cl2N5O2/c1-3-12-15-8(17-3)11-7(16)4-2-5(9)13-14-6(4)10/h2H,1H3,(H,11,15,16). The van der Waals surface area contributed by atoms with Crippen molar-refractivity contribution in [2.45, 2.75) is 6.92 Å². The number of aromatic nitrogens is 4. The summed E-state index contributed by atoms with van der Waals surface area (Å²) in [4.78, 5) is 11.7. The molecule has 2 aromatic heterocycles. The zero-order valence-corrected chi connectivity index (χ0v) is 9.95. The number of hydrogen-bond donors (Lipinski definition) is 1. The molecule has 0 spiro atoms. The van der Waals surface area contributed by atoms with Gasteiger partial charge in [0.25, 0.3) is 5.91 Å². The summed E-state index contributed by atoms with van der Waals surface area (Å²) in [5.41, 5.74) is 0.0718. The summed E-state index contributed by atoms with van der Waals surface area (Å²) in [6.07, 6.45) is 0. The molecule has 2 heterocycles. The monoisotopic (exact) mass is 273 g/mol. The summed E-state index contributed by atoms with van der Waals surface area (Å²) in [7, 11) is 0.